The molecule has 3 nitrogen and oxygen atoms in total. The van der Waals surface area contributed by atoms with Crippen molar-refractivity contribution in [1.82, 2.24) is 0 Å². The lowest BCUT2D eigenvalue weighted by molar-refractivity contribution is -0.0675. The molecule has 0 heterocycles. The minimum atomic E-state index is -1.38. The zero-order valence-corrected chi connectivity index (χ0v) is 5.20. The number of hydrogen-bond donors (Lipinski definition) is 3. The van der Waals surface area contributed by atoms with Crippen LogP contribution in [0.15, 0.2) is 0 Å². The van der Waals surface area contributed by atoms with Crippen LogP contribution in [0.1, 0.15) is 13.8 Å². The minimum absolute atomic E-state index is 0.120. The van der Waals surface area contributed by atoms with Crippen molar-refractivity contribution in [3.8, 4) is 0 Å². The number of hydrogen-bond acceptors (Lipinski definition) is 3. The molecule has 0 saturated heterocycles. The van der Waals surface area contributed by atoms with E-state index in [2.05, 4.69) is 0 Å². The van der Waals surface area contributed by atoms with Crippen molar-refractivity contribution in [3.63, 3.8) is 0 Å². The molecule has 0 spiro atoms. The van der Waals surface area contributed by atoms with Gasteiger partial charge in [0.1, 0.15) is 0 Å². The first-order valence-electron chi connectivity index (χ1n) is 2.67. The van der Waals surface area contributed by atoms with Gasteiger partial charge < -0.3 is 15.9 Å². The highest BCUT2D eigenvalue weighted by Gasteiger charge is 2.13. The Hall–Kier alpha value is -0.120. The molecule has 0 saturated carbocycles. The normalized spacial score (nSPS) is 15.4. The fourth-order valence-corrected chi connectivity index (χ4v) is 0.344. The van der Waals surface area contributed by atoms with E-state index in [4.69, 9.17) is 15.9 Å². The van der Waals surface area contributed by atoms with E-state index in [0.717, 1.165) is 0 Å². The first kappa shape index (κ1) is 7.88. The third kappa shape index (κ3) is 2.26. The van der Waals surface area contributed by atoms with Crippen LogP contribution in [0.5, 0.6) is 0 Å². The van der Waals surface area contributed by atoms with Crippen molar-refractivity contribution in [1.29, 1.82) is 0 Å². The summed E-state index contributed by atoms with van der Waals surface area (Å²) < 4.78 is 0. The maximum atomic E-state index is 8.42. The van der Waals surface area contributed by atoms with E-state index >= 15 is 0 Å². The van der Waals surface area contributed by atoms with Gasteiger partial charge in [0.05, 0.1) is 6.04 Å². The summed E-state index contributed by atoms with van der Waals surface area (Å²) in [4.78, 5) is 0. The molecule has 0 aliphatic heterocycles. The highest BCUT2D eigenvalue weighted by molar-refractivity contribution is 4.65. The van der Waals surface area contributed by atoms with Crippen molar-refractivity contribution in [2.24, 2.45) is 11.7 Å². The van der Waals surface area contributed by atoms with Gasteiger partial charge in [-0.05, 0) is 5.92 Å². The largest absolute Gasteiger partial charge is 0.367 e. The Kier molecular flexibility index (Phi) is 2.97. The summed E-state index contributed by atoms with van der Waals surface area (Å²) >= 11 is 0. The Morgan fingerprint density at radius 3 is 1.62 bits per heavy atom. The summed E-state index contributed by atoms with van der Waals surface area (Å²) in [6, 6.07) is -0.519. The summed E-state index contributed by atoms with van der Waals surface area (Å²) in [7, 11) is 0. The highest BCUT2D eigenvalue weighted by Crippen LogP contribution is 1.99. The average molecular weight is 119 g/mol. The summed E-state index contributed by atoms with van der Waals surface area (Å²) in [6.45, 7) is 3.67. The Bertz CT molecular complexity index is 55.4. The van der Waals surface area contributed by atoms with Gasteiger partial charge in [-0.1, -0.05) is 13.8 Å². The van der Waals surface area contributed by atoms with Crippen molar-refractivity contribution in [2.75, 3.05) is 0 Å². The zero-order chi connectivity index (χ0) is 6.73. The van der Waals surface area contributed by atoms with E-state index in [-0.39, 0.29) is 5.92 Å². The topological polar surface area (TPSA) is 66.5 Å². The molecule has 0 aromatic rings. The van der Waals surface area contributed by atoms with E-state index in [1.165, 1.54) is 0 Å². The second kappa shape index (κ2) is 3.02. The number of rotatable bonds is 2. The quantitative estimate of drug-likeness (QED) is 0.420. The summed E-state index contributed by atoms with van der Waals surface area (Å²) in [5.41, 5.74) is 5.26. The molecule has 4 N–H and O–H groups in total. The van der Waals surface area contributed by atoms with Gasteiger partial charge in [-0.15, -0.1) is 0 Å². The van der Waals surface area contributed by atoms with Crippen molar-refractivity contribution < 1.29 is 10.2 Å². The van der Waals surface area contributed by atoms with Crippen LogP contribution in [-0.2, 0) is 0 Å². The molecule has 0 fully saturated rings. The number of aliphatic hydroxyl groups excluding tert-OH is 1. The van der Waals surface area contributed by atoms with Gasteiger partial charge in [0.15, 0.2) is 6.29 Å². The zero-order valence-electron chi connectivity index (χ0n) is 5.20. The van der Waals surface area contributed by atoms with Gasteiger partial charge in [0, 0.05) is 0 Å². The molecular formula is C5H13NO2. The van der Waals surface area contributed by atoms with Gasteiger partial charge in [-0.3, -0.25) is 0 Å². The Morgan fingerprint density at radius 1 is 1.25 bits per heavy atom. The van der Waals surface area contributed by atoms with Crippen LogP contribution in [0.2, 0.25) is 0 Å². The molecule has 0 aliphatic carbocycles. The molecular weight excluding hydrogens is 106 g/mol. The molecule has 0 bridgehead atoms. The second-order valence-electron chi connectivity index (χ2n) is 2.23. The van der Waals surface area contributed by atoms with E-state index in [1.54, 1.807) is 0 Å². The maximum Gasteiger partial charge on any atom is 0.167 e. The molecule has 3 heteroatoms. The monoisotopic (exact) mass is 119 g/mol. The van der Waals surface area contributed by atoms with E-state index < -0.39 is 12.3 Å². The summed E-state index contributed by atoms with van der Waals surface area (Å²) in [5.74, 6) is 0.120. The number of aliphatic hydroxyl groups is 2. The van der Waals surface area contributed by atoms with Gasteiger partial charge in [-0.2, -0.15) is 0 Å². The fraction of sp³-hybridized carbons (Fsp3) is 1.00. The van der Waals surface area contributed by atoms with Gasteiger partial charge in [0.25, 0.3) is 0 Å². The predicted molar refractivity (Wildman–Crippen MR) is 31.0 cm³/mol. The molecule has 8 heavy (non-hydrogen) atoms. The molecule has 50 valence electrons. The first-order chi connectivity index (χ1) is 3.55. The average Bonchev–Trinajstić information content (AvgIpc) is 1.64. The third-order valence-corrected chi connectivity index (χ3v) is 1.11. The Morgan fingerprint density at radius 2 is 1.62 bits per heavy atom. The second-order valence-corrected chi connectivity index (χ2v) is 2.23. The molecule has 0 radical (unpaired) electrons. The van der Waals surface area contributed by atoms with E-state index in [9.17, 15) is 0 Å². The lowest BCUT2D eigenvalue weighted by Crippen LogP contribution is -2.38. The molecule has 0 aromatic heterocycles. The van der Waals surface area contributed by atoms with Gasteiger partial charge in [0.2, 0.25) is 0 Å². The molecule has 0 rings (SSSR count). The lowest BCUT2D eigenvalue weighted by Gasteiger charge is -2.16. The summed E-state index contributed by atoms with van der Waals surface area (Å²) in [6.07, 6.45) is -1.38. The van der Waals surface area contributed by atoms with Crippen molar-refractivity contribution in [3.05, 3.63) is 0 Å². The maximum absolute atomic E-state index is 8.42. The Labute approximate surface area is 49.1 Å². The van der Waals surface area contributed by atoms with Gasteiger partial charge in [-0.25, -0.2) is 0 Å². The van der Waals surface area contributed by atoms with E-state index in [0.29, 0.717) is 0 Å². The number of nitrogens with two attached hydrogens (primary N) is 1. The van der Waals surface area contributed by atoms with Crippen molar-refractivity contribution in [2.45, 2.75) is 26.2 Å². The van der Waals surface area contributed by atoms with Crippen LogP contribution >= 0.6 is 0 Å². The third-order valence-electron chi connectivity index (χ3n) is 1.11. The van der Waals surface area contributed by atoms with Crippen molar-refractivity contribution >= 4 is 0 Å². The molecule has 0 unspecified atom stereocenters. The minimum Gasteiger partial charge on any atom is -0.367 e. The fourth-order valence-electron chi connectivity index (χ4n) is 0.344. The first-order valence-corrected chi connectivity index (χ1v) is 2.67. The van der Waals surface area contributed by atoms with E-state index in [1.807, 2.05) is 13.8 Å². The van der Waals surface area contributed by atoms with Crippen LogP contribution in [-0.4, -0.2) is 22.5 Å². The van der Waals surface area contributed by atoms with Crippen LogP contribution < -0.4 is 5.73 Å². The standard InChI is InChI=1S/C5H13NO2/c1-3(2)4(6)5(7)8/h3-5,7-8H,6H2,1-2H3/t4-/m0/s1. The van der Waals surface area contributed by atoms with Crippen LogP contribution in [0.3, 0.4) is 0 Å². The molecule has 0 amide bonds. The van der Waals surface area contributed by atoms with Crippen LogP contribution in [0.25, 0.3) is 0 Å². The van der Waals surface area contributed by atoms with Crippen LogP contribution in [0, 0.1) is 5.92 Å². The van der Waals surface area contributed by atoms with Crippen LogP contribution in [0.4, 0.5) is 0 Å². The predicted octanol–water partition coefficient (Wildman–Crippen LogP) is -0.720. The molecule has 0 aliphatic rings. The molecule has 0 aromatic carbocycles. The molecule has 1 atom stereocenters. The lowest BCUT2D eigenvalue weighted by atomic mass is 10.1. The highest BCUT2D eigenvalue weighted by atomic mass is 16.5. The Balaban J connectivity index is 3.46. The van der Waals surface area contributed by atoms with Gasteiger partial charge >= 0.3 is 0 Å². The summed E-state index contributed by atoms with van der Waals surface area (Å²) in [5, 5.41) is 16.8. The smallest absolute Gasteiger partial charge is 0.167 e. The SMILES string of the molecule is CC(C)[C@H](N)C(O)O.